The van der Waals surface area contributed by atoms with Crippen LogP contribution < -0.4 is 4.90 Å². The molecule has 5 nitrogen and oxygen atoms in total. The first-order chi connectivity index (χ1) is 12.0. The van der Waals surface area contributed by atoms with E-state index in [1.807, 2.05) is 12.1 Å². The van der Waals surface area contributed by atoms with Crippen LogP contribution in [0.2, 0.25) is 0 Å². The van der Waals surface area contributed by atoms with Gasteiger partial charge >= 0.3 is 6.18 Å². The highest BCUT2D eigenvalue weighted by molar-refractivity contribution is 5.33. The van der Waals surface area contributed by atoms with Gasteiger partial charge in [-0.15, -0.1) is 0 Å². The standard InChI is InChI=1S/C17H16F3N5/c18-17(19,20)15-5-6-22-16(23-15)25-9-7-24(8-10-25)12-14-3-1-13(11-21)2-4-14/h1-6H,7-10,12H2. The molecule has 0 unspecified atom stereocenters. The lowest BCUT2D eigenvalue weighted by molar-refractivity contribution is -0.141. The zero-order valence-corrected chi connectivity index (χ0v) is 13.4. The summed E-state index contributed by atoms with van der Waals surface area (Å²) in [5.41, 5.74) is 0.801. The molecule has 0 bridgehead atoms. The highest BCUT2D eigenvalue weighted by atomic mass is 19.4. The van der Waals surface area contributed by atoms with E-state index in [0.717, 1.165) is 24.4 Å². The van der Waals surface area contributed by atoms with E-state index in [-0.39, 0.29) is 5.95 Å². The third-order valence-electron chi connectivity index (χ3n) is 4.08. The van der Waals surface area contributed by atoms with Gasteiger partial charge in [0.2, 0.25) is 5.95 Å². The second-order valence-electron chi connectivity index (χ2n) is 5.81. The van der Waals surface area contributed by atoms with Crippen LogP contribution >= 0.6 is 0 Å². The Kier molecular flexibility index (Phi) is 4.86. The van der Waals surface area contributed by atoms with Gasteiger partial charge in [-0.3, -0.25) is 4.90 Å². The molecule has 1 saturated heterocycles. The summed E-state index contributed by atoms with van der Waals surface area (Å²) in [5, 5.41) is 8.81. The lowest BCUT2D eigenvalue weighted by Crippen LogP contribution is -2.46. The van der Waals surface area contributed by atoms with Gasteiger partial charge in [0.15, 0.2) is 0 Å². The summed E-state index contributed by atoms with van der Waals surface area (Å²) in [4.78, 5) is 11.6. The van der Waals surface area contributed by atoms with Crippen LogP contribution in [0.1, 0.15) is 16.8 Å². The average Bonchev–Trinajstić information content (AvgIpc) is 2.62. The lowest BCUT2D eigenvalue weighted by atomic mass is 10.1. The van der Waals surface area contributed by atoms with E-state index < -0.39 is 11.9 Å². The zero-order valence-electron chi connectivity index (χ0n) is 13.4. The van der Waals surface area contributed by atoms with Crippen LogP contribution in [0.15, 0.2) is 36.5 Å². The number of benzene rings is 1. The molecule has 2 heterocycles. The third-order valence-corrected chi connectivity index (χ3v) is 4.08. The Bertz CT molecular complexity index is 759. The first-order valence-corrected chi connectivity index (χ1v) is 7.82. The molecule has 0 saturated carbocycles. The predicted octanol–water partition coefficient (Wildman–Crippen LogP) is 2.69. The van der Waals surface area contributed by atoms with Crippen LogP contribution in [0.25, 0.3) is 0 Å². The Morgan fingerprint density at radius 3 is 2.32 bits per heavy atom. The molecule has 0 N–H and O–H groups in total. The molecule has 1 aromatic carbocycles. The second-order valence-corrected chi connectivity index (χ2v) is 5.81. The van der Waals surface area contributed by atoms with Crippen molar-refractivity contribution in [3.63, 3.8) is 0 Å². The van der Waals surface area contributed by atoms with E-state index in [0.29, 0.717) is 31.7 Å². The predicted molar refractivity (Wildman–Crippen MR) is 85.7 cm³/mol. The topological polar surface area (TPSA) is 56.1 Å². The van der Waals surface area contributed by atoms with E-state index in [9.17, 15) is 13.2 Å². The number of nitrogens with zero attached hydrogens (tertiary/aromatic N) is 5. The monoisotopic (exact) mass is 347 g/mol. The third kappa shape index (κ3) is 4.25. The number of hydrogen-bond donors (Lipinski definition) is 0. The zero-order chi connectivity index (χ0) is 17.9. The van der Waals surface area contributed by atoms with Crippen molar-refractivity contribution in [1.82, 2.24) is 14.9 Å². The molecule has 0 atom stereocenters. The number of nitriles is 1. The quantitative estimate of drug-likeness (QED) is 0.854. The SMILES string of the molecule is N#Cc1ccc(CN2CCN(c3nccc(C(F)(F)F)n3)CC2)cc1. The maximum atomic E-state index is 12.8. The van der Waals surface area contributed by atoms with Crippen molar-refractivity contribution in [2.75, 3.05) is 31.1 Å². The molecule has 130 valence electrons. The maximum Gasteiger partial charge on any atom is 0.433 e. The second kappa shape index (κ2) is 7.07. The van der Waals surface area contributed by atoms with Crippen molar-refractivity contribution in [2.24, 2.45) is 0 Å². The molecule has 0 spiro atoms. The summed E-state index contributed by atoms with van der Waals surface area (Å²) in [5.74, 6) is 0.118. The van der Waals surface area contributed by atoms with Crippen LogP contribution in [-0.4, -0.2) is 41.0 Å². The highest BCUT2D eigenvalue weighted by Crippen LogP contribution is 2.28. The summed E-state index contributed by atoms with van der Waals surface area (Å²) < 4.78 is 38.3. The molecular weight excluding hydrogens is 331 g/mol. The molecular formula is C17H16F3N5. The van der Waals surface area contributed by atoms with Crippen LogP contribution in [-0.2, 0) is 12.7 Å². The van der Waals surface area contributed by atoms with E-state index in [4.69, 9.17) is 5.26 Å². The van der Waals surface area contributed by atoms with Gasteiger partial charge in [0.25, 0.3) is 0 Å². The number of anilines is 1. The van der Waals surface area contributed by atoms with Crippen LogP contribution in [0.4, 0.5) is 19.1 Å². The Morgan fingerprint density at radius 2 is 1.72 bits per heavy atom. The van der Waals surface area contributed by atoms with Crippen molar-refractivity contribution in [3.05, 3.63) is 53.3 Å². The summed E-state index contributed by atoms with van der Waals surface area (Å²) in [6.45, 7) is 3.29. The number of aromatic nitrogens is 2. The van der Waals surface area contributed by atoms with Crippen molar-refractivity contribution >= 4 is 5.95 Å². The van der Waals surface area contributed by atoms with E-state index in [2.05, 4.69) is 20.9 Å². The van der Waals surface area contributed by atoms with E-state index in [1.165, 1.54) is 0 Å². The van der Waals surface area contributed by atoms with Gasteiger partial charge in [-0.05, 0) is 23.8 Å². The minimum Gasteiger partial charge on any atom is -0.338 e. The Labute approximate surface area is 143 Å². The molecule has 3 rings (SSSR count). The molecule has 1 aromatic heterocycles. The molecule has 25 heavy (non-hydrogen) atoms. The summed E-state index contributed by atoms with van der Waals surface area (Å²) in [7, 11) is 0. The summed E-state index contributed by atoms with van der Waals surface area (Å²) in [6, 6.07) is 10.4. The normalized spacial score (nSPS) is 15.8. The number of rotatable bonds is 3. The van der Waals surface area contributed by atoms with Gasteiger partial charge in [0.1, 0.15) is 5.69 Å². The van der Waals surface area contributed by atoms with Crippen molar-refractivity contribution < 1.29 is 13.2 Å². The largest absolute Gasteiger partial charge is 0.433 e. The Hall–Kier alpha value is -2.66. The number of alkyl halides is 3. The number of hydrogen-bond acceptors (Lipinski definition) is 5. The maximum absolute atomic E-state index is 12.8. The fourth-order valence-electron chi connectivity index (χ4n) is 2.71. The molecule has 1 aliphatic rings. The molecule has 0 radical (unpaired) electrons. The number of piperazine rings is 1. The van der Waals surface area contributed by atoms with Gasteiger partial charge < -0.3 is 4.90 Å². The van der Waals surface area contributed by atoms with Gasteiger partial charge in [-0.25, -0.2) is 9.97 Å². The molecule has 8 heteroatoms. The molecule has 0 aliphatic carbocycles. The molecule has 1 fully saturated rings. The van der Waals surface area contributed by atoms with E-state index >= 15 is 0 Å². The van der Waals surface area contributed by atoms with Crippen LogP contribution in [0.5, 0.6) is 0 Å². The van der Waals surface area contributed by atoms with Gasteiger partial charge in [0.05, 0.1) is 11.6 Å². The fraction of sp³-hybridized carbons (Fsp3) is 0.353. The smallest absolute Gasteiger partial charge is 0.338 e. The minimum atomic E-state index is -4.46. The van der Waals surface area contributed by atoms with Crippen molar-refractivity contribution in [1.29, 1.82) is 5.26 Å². The first kappa shape index (κ1) is 17.2. The Morgan fingerprint density at radius 1 is 1.04 bits per heavy atom. The first-order valence-electron chi connectivity index (χ1n) is 7.82. The minimum absolute atomic E-state index is 0.118. The van der Waals surface area contributed by atoms with Crippen LogP contribution in [0.3, 0.4) is 0 Å². The summed E-state index contributed by atoms with van der Waals surface area (Å²) >= 11 is 0. The average molecular weight is 347 g/mol. The molecule has 1 aliphatic heterocycles. The van der Waals surface area contributed by atoms with Gasteiger partial charge in [-0.1, -0.05) is 12.1 Å². The van der Waals surface area contributed by atoms with Crippen molar-refractivity contribution in [2.45, 2.75) is 12.7 Å². The highest BCUT2D eigenvalue weighted by Gasteiger charge is 2.33. The summed E-state index contributed by atoms with van der Waals surface area (Å²) in [6.07, 6.45) is -3.32. The van der Waals surface area contributed by atoms with Crippen LogP contribution in [0, 0.1) is 11.3 Å². The molecule has 2 aromatic rings. The lowest BCUT2D eigenvalue weighted by Gasteiger charge is -2.34. The molecule has 0 amide bonds. The van der Waals surface area contributed by atoms with Gasteiger partial charge in [0, 0.05) is 38.9 Å². The van der Waals surface area contributed by atoms with Crippen molar-refractivity contribution in [3.8, 4) is 6.07 Å². The van der Waals surface area contributed by atoms with E-state index in [1.54, 1.807) is 17.0 Å². The van der Waals surface area contributed by atoms with Gasteiger partial charge in [-0.2, -0.15) is 18.4 Å². The number of halogens is 3. The Balaban J connectivity index is 1.59. The fourth-order valence-corrected chi connectivity index (χ4v) is 2.71.